The molecule has 3 rings (SSSR count). The van der Waals surface area contributed by atoms with E-state index in [0.717, 1.165) is 23.1 Å². The van der Waals surface area contributed by atoms with Crippen molar-refractivity contribution in [2.24, 2.45) is 0 Å². The van der Waals surface area contributed by atoms with E-state index in [0.29, 0.717) is 11.1 Å². The van der Waals surface area contributed by atoms with Crippen LogP contribution in [-0.2, 0) is 10.4 Å². The Morgan fingerprint density at radius 3 is 1.84 bits per heavy atom. The molecule has 0 aromatic heterocycles. The molecule has 1 amide bonds. The maximum atomic E-state index is 13.6. The molecule has 0 saturated carbocycles. The number of hydrogen-bond donors (Lipinski definition) is 2. The summed E-state index contributed by atoms with van der Waals surface area (Å²) in [5.41, 5.74) is 6.52. The van der Waals surface area contributed by atoms with Crippen LogP contribution in [0.15, 0.2) is 72.8 Å². The Bertz CT molecular complexity index is 1010. The second kappa shape index (κ2) is 9.46. The predicted octanol–water partition coefficient (Wildman–Crippen LogP) is 4.96. The SMILES string of the molecule is CCC(c1cccc(C)c1)N(C)NC(=O)C(O)(c1cccc(C)c1)c1cccc(C)c1. The Morgan fingerprint density at radius 1 is 0.903 bits per heavy atom. The molecule has 4 nitrogen and oxygen atoms in total. The van der Waals surface area contributed by atoms with E-state index in [-0.39, 0.29) is 6.04 Å². The van der Waals surface area contributed by atoms with Crippen LogP contribution >= 0.6 is 0 Å². The highest BCUT2D eigenvalue weighted by molar-refractivity contribution is 5.89. The molecule has 0 fully saturated rings. The number of hydrazine groups is 1. The van der Waals surface area contributed by atoms with Crippen LogP contribution in [0.2, 0.25) is 0 Å². The van der Waals surface area contributed by atoms with Crippen molar-refractivity contribution in [3.63, 3.8) is 0 Å². The van der Waals surface area contributed by atoms with Crippen LogP contribution in [0.3, 0.4) is 0 Å². The Morgan fingerprint density at radius 2 is 1.39 bits per heavy atom. The Balaban J connectivity index is 1.98. The van der Waals surface area contributed by atoms with Gasteiger partial charge in [-0.2, -0.15) is 0 Å². The van der Waals surface area contributed by atoms with Gasteiger partial charge in [-0.25, -0.2) is 5.01 Å². The van der Waals surface area contributed by atoms with Gasteiger partial charge in [0.15, 0.2) is 5.60 Å². The van der Waals surface area contributed by atoms with Crippen molar-refractivity contribution < 1.29 is 9.90 Å². The number of benzene rings is 3. The largest absolute Gasteiger partial charge is 0.372 e. The number of aryl methyl sites for hydroxylation is 3. The summed E-state index contributed by atoms with van der Waals surface area (Å²) >= 11 is 0. The van der Waals surface area contributed by atoms with Crippen LogP contribution in [0.1, 0.15) is 52.8 Å². The summed E-state index contributed by atoms with van der Waals surface area (Å²) in [6.45, 7) is 8.05. The number of hydrogen-bond acceptors (Lipinski definition) is 3. The lowest BCUT2D eigenvalue weighted by Gasteiger charge is -2.34. The van der Waals surface area contributed by atoms with Crippen LogP contribution in [0, 0.1) is 20.8 Å². The fourth-order valence-electron chi connectivity index (χ4n) is 4.10. The zero-order chi connectivity index (χ0) is 22.6. The molecule has 1 unspecified atom stereocenters. The summed E-state index contributed by atoms with van der Waals surface area (Å²) in [5.74, 6) is -0.475. The van der Waals surface area contributed by atoms with E-state index < -0.39 is 11.5 Å². The van der Waals surface area contributed by atoms with Gasteiger partial charge in [0.05, 0.1) is 6.04 Å². The topological polar surface area (TPSA) is 52.6 Å². The van der Waals surface area contributed by atoms with Crippen molar-refractivity contribution in [2.45, 2.75) is 45.8 Å². The van der Waals surface area contributed by atoms with Crippen molar-refractivity contribution >= 4 is 5.91 Å². The number of aliphatic hydroxyl groups is 1. The van der Waals surface area contributed by atoms with Crippen LogP contribution in [0.5, 0.6) is 0 Å². The molecule has 3 aromatic carbocycles. The monoisotopic (exact) mass is 416 g/mol. The van der Waals surface area contributed by atoms with E-state index in [2.05, 4.69) is 37.5 Å². The quantitative estimate of drug-likeness (QED) is 0.535. The van der Waals surface area contributed by atoms with E-state index >= 15 is 0 Å². The number of nitrogens with zero attached hydrogens (tertiary/aromatic N) is 1. The van der Waals surface area contributed by atoms with Crippen molar-refractivity contribution in [2.75, 3.05) is 7.05 Å². The van der Waals surface area contributed by atoms with E-state index in [1.807, 2.05) is 63.4 Å². The third kappa shape index (κ3) is 4.87. The zero-order valence-electron chi connectivity index (χ0n) is 19.0. The minimum Gasteiger partial charge on any atom is -0.372 e. The average Bonchev–Trinajstić information content (AvgIpc) is 2.73. The standard InChI is InChI=1S/C27H32N2O2/c1-6-25(22-13-7-10-19(2)16-22)29(5)28-26(30)27(31,23-14-8-11-20(3)17-23)24-15-9-12-21(4)18-24/h7-18,25,31H,6H2,1-5H3,(H,28,30). The van der Waals surface area contributed by atoms with E-state index in [1.54, 1.807) is 17.1 Å². The molecule has 31 heavy (non-hydrogen) atoms. The van der Waals surface area contributed by atoms with Crippen LogP contribution in [0.25, 0.3) is 0 Å². The van der Waals surface area contributed by atoms with Gasteiger partial charge in [-0.3, -0.25) is 10.2 Å². The molecule has 0 bridgehead atoms. The average molecular weight is 417 g/mol. The molecule has 1 atom stereocenters. The maximum absolute atomic E-state index is 13.6. The molecule has 3 aromatic rings. The summed E-state index contributed by atoms with van der Waals surface area (Å²) < 4.78 is 0. The Labute approximate surface area is 185 Å². The van der Waals surface area contributed by atoms with E-state index in [9.17, 15) is 9.90 Å². The van der Waals surface area contributed by atoms with E-state index in [4.69, 9.17) is 0 Å². The van der Waals surface area contributed by atoms with Crippen LogP contribution < -0.4 is 5.43 Å². The fraction of sp³-hybridized carbons (Fsp3) is 0.296. The highest BCUT2D eigenvalue weighted by atomic mass is 16.3. The van der Waals surface area contributed by atoms with Crippen molar-refractivity contribution in [3.05, 3.63) is 106 Å². The first-order valence-corrected chi connectivity index (χ1v) is 10.7. The molecular weight excluding hydrogens is 384 g/mol. The third-order valence-corrected chi connectivity index (χ3v) is 5.76. The number of nitrogens with one attached hydrogen (secondary N) is 1. The molecule has 0 radical (unpaired) electrons. The normalized spacial score (nSPS) is 12.6. The molecule has 162 valence electrons. The molecular formula is C27H32N2O2. The first-order chi connectivity index (χ1) is 14.8. The van der Waals surface area contributed by atoms with Gasteiger partial charge < -0.3 is 5.11 Å². The lowest BCUT2D eigenvalue weighted by Crippen LogP contribution is -2.52. The fourth-order valence-corrected chi connectivity index (χ4v) is 4.10. The van der Waals surface area contributed by atoms with Crippen LogP contribution in [-0.4, -0.2) is 23.1 Å². The van der Waals surface area contributed by atoms with Gasteiger partial charge in [-0.1, -0.05) is 96.4 Å². The maximum Gasteiger partial charge on any atom is 0.275 e. The lowest BCUT2D eigenvalue weighted by atomic mass is 9.84. The highest BCUT2D eigenvalue weighted by Gasteiger charge is 2.41. The lowest BCUT2D eigenvalue weighted by molar-refractivity contribution is -0.142. The first-order valence-electron chi connectivity index (χ1n) is 10.7. The third-order valence-electron chi connectivity index (χ3n) is 5.76. The second-order valence-corrected chi connectivity index (χ2v) is 8.34. The summed E-state index contributed by atoms with van der Waals surface area (Å²) in [6.07, 6.45) is 0.813. The number of carbonyl (C=O) groups excluding carboxylic acids is 1. The second-order valence-electron chi connectivity index (χ2n) is 8.34. The summed E-state index contributed by atoms with van der Waals surface area (Å²) in [6, 6.07) is 23.2. The van der Waals surface area contributed by atoms with Gasteiger partial charge >= 0.3 is 0 Å². The molecule has 2 N–H and O–H groups in total. The van der Waals surface area contributed by atoms with Gasteiger partial charge in [0.2, 0.25) is 0 Å². The van der Waals surface area contributed by atoms with Crippen LogP contribution in [0.4, 0.5) is 0 Å². The van der Waals surface area contributed by atoms with Gasteiger partial charge in [0.25, 0.3) is 5.91 Å². The number of rotatable bonds is 7. The van der Waals surface area contributed by atoms with Gasteiger partial charge in [0.1, 0.15) is 0 Å². The molecule has 0 saturated heterocycles. The number of amides is 1. The van der Waals surface area contributed by atoms with Crippen molar-refractivity contribution in [1.82, 2.24) is 10.4 Å². The molecule has 4 heteroatoms. The minimum atomic E-state index is -1.81. The number of carbonyl (C=O) groups is 1. The molecule has 0 aliphatic rings. The van der Waals surface area contributed by atoms with E-state index in [1.165, 1.54) is 5.56 Å². The molecule has 0 aliphatic carbocycles. The van der Waals surface area contributed by atoms with Gasteiger partial charge in [-0.15, -0.1) is 0 Å². The zero-order valence-corrected chi connectivity index (χ0v) is 19.0. The first kappa shape index (κ1) is 22.7. The minimum absolute atomic E-state index is 0.0110. The molecule has 0 heterocycles. The predicted molar refractivity (Wildman–Crippen MR) is 125 cm³/mol. The highest BCUT2D eigenvalue weighted by Crippen LogP contribution is 2.32. The summed E-state index contributed by atoms with van der Waals surface area (Å²) in [4.78, 5) is 13.6. The van der Waals surface area contributed by atoms with Crippen molar-refractivity contribution in [1.29, 1.82) is 0 Å². The smallest absolute Gasteiger partial charge is 0.275 e. The molecule has 0 spiro atoms. The van der Waals surface area contributed by atoms with Gasteiger partial charge in [-0.05, 0) is 43.9 Å². The Kier molecular flexibility index (Phi) is 6.94. The summed E-state index contributed by atoms with van der Waals surface area (Å²) in [5, 5.41) is 13.6. The molecule has 0 aliphatic heterocycles. The Hall–Kier alpha value is -2.95. The summed E-state index contributed by atoms with van der Waals surface area (Å²) in [7, 11) is 1.85. The van der Waals surface area contributed by atoms with Crippen molar-refractivity contribution in [3.8, 4) is 0 Å². The van der Waals surface area contributed by atoms with Gasteiger partial charge in [0, 0.05) is 7.05 Å².